The van der Waals surface area contributed by atoms with Gasteiger partial charge in [0.05, 0.1) is 0 Å². The molecule has 1 aliphatic rings. The maximum absolute atomic E-state index is 11.5. The largest absolute Gasteiger partial charge is 0.295 e. The molecule has 1 aliphatic carbocycles. The first kappa shape index (κ1) is 14.3. The van der Waals surface area contributed by atoms with Crippen LogP contribution < -0.4 is 0 Å². The van der Waals surface area contributed by atoms with E-state index in [1.54, 1.807) is 6.92 Å². The van der Waals surface area contributed by atoms with Crippen molar-refractivity contribution < 1.29 is 4.79 Å². The Morgan fingerprint density at radius 1 is 1.11 bits per heavy atom. The Morgan fingerprint density at radius 2 is 1.84 bits per heavy atom. The van der Waals surface area contributed by atoms with E-state index in [0.29, 0.717) is 0 Å². The molecule has 19 heavy (non-hydrogen) atoms. The van der Waals surface area contributed by atoms with Crippen molar-refractivity contribution in [3.8, 4) is 0 Å². The molecule has 0 saturated heterocycles. The van der Waals surface area contributed by atoms with E-state index < -0.39 is 0 Å². The summed E-state index contributed by atoms with van der Waals surface area (Å²) in [4.78, 5) is 11.5. The van der Waals surface area contributed by atoms with Gasteiger partial charge in [0.2, 0.25) is 0 Å². The number of Topliss-reactive ketones (excluding diaryl/α,β-unsaturated/α-hetero) is 1. The molecule has 0 N–H and O–H groups in total. The summed E-state index contributed by atoms with van der Waals surface area (Å²) in [5, 5.41) is 0. The highest BCUT2D eigenvalue weighted by molar-refractivity contribution is 5.95. The van der Waals surface area contributed by atoms with Crippen molar-refractivity contribution in [3.63, 3.8) is 0 Å². The number of unbranched alkanes of at least 4 members (excludes halogenated alkanes) is 1. The smallest absolute Gasteiger partial charge is 0.160 e. The van der Waals surface area contributed by atoms with Crippen LogP contribution in [-0.2, 0) is 6.42 Å². The number of carbonyl (C=O) groups excluding carboxylic acids is 1. The molecule has 0 spiro atoms. The van der Waals surface area contributed by atoms with Gasteiger partial charge < -0.3 is 0 Å². The van der Waals surface area contributed by atoms with Gasteiger partial charge >= 0.3 is 0 Å². The van der Waals surface area contributed by atoms with Crippen LogP contribution in [0.15, 0.2) is 24.3 Å². The fourth-order valence-corrected chi connectivity index (χ4v) is 3.31. The van der Waals surface area contributed by atoms with Crippen LogP contribution in [-0.4, -0.2) is 5.78 Å². The molecule has 1 aromatic carbocycles. The first-order valence-electron chi connectivity index (χ1n) is 7.86. The second kappa shape index (κ2) is 7.47. The monoisotopic (exact) mass is 258 g/mol. The predicted molar refractivity (Wildman–Crippen MR) is 80.6 cm³/mol. The lowest BCUT2D eigenvalue weighted by Gasteiger charge is -2.21. The van der Waals surface area contributed by atoms with Crippen molar-refractivity contribution in [1.29, 1.82) is 0 Å². The van der Waals surface area contributed by atoms with E-state index >= 15 is 0 Å². The Kier molecular flexibility index (Phi) is 5.62. The highest BCUT2D eigenvalue weighted by Crippen LogP contribution is 2.28. The van der Waals surface area contributed by atoms with Crippen LogP contribution in [0.25, 0.3) is 0 Å². The summed E-state index contributed by atoms with van der Waals surface area (Å²) in [6.07, 6.45) is 12.2. The number of carbonyl (C=O) groups is 1. The van der Waals surface area contributed by atoms with E-state index in [0.717, 1.165) is 17.9 Å². The number of ketones is 1. The number of benzene rings is 1. The zero-order valence-electron chi connectivity index (χ0n) is 12.2. The van der Waals surface area contributed by atoms with Gasteiger partial charge in [0.15, 0.2) is 5.78 Å². The number of rotatable bonds is 6. The first-order chi connectivity index (χ1) is 9.27. The molecule has 1 heteroatoms. The van der Waals surface area contributed by atoms with Crippen molar-refractivity contribution in [2.75, 3.05) is 0 Å². The number of aryl methyl sites for hydroxylation is 1. The Labute approximate surface area is 117 Å². The van der Waals surface area contributed by atoms with Gasteiger partial charge in [-0.1, -0.05) is 69.2 Å². The molecule has 0 bridgehead atoms. The molecule has 1 aromatic rings. The van der Waals surface area contributed by atoms with Crippen LogP contribution in [0.3, 0.4) is 0 Å². The molecule has 2 rings (SSSR count). The highest BCUT2D eigenvalue weighted by Gasteiger charge is 2.13. The third-order valence-corrected chi connectivity index (χ3v) is 4.43. The zero-order valence-corrected chi connectivity index (χ0v) is 12.2. The quantitative estimate of drug-likeness (QED) is 0.507. The Hall–Kier alpha value is -1.11. The molecule has 0 radical (unpaired) electrons. The van der Waals surface area contributed by atoms with E-state index in [4.69, 9.17) is 0 Å². The number of hydrogen-bond donors (Lipinski definition) is 0. The van der Waals surface area contributed by atoms with Gasteiger partial charge in [-0.3, -0.25) is 4.79 Å². The molecule has 0 atom stereocenters. The summed E-state index contributed by atoms with van der Waals surface area (Å²) in [5.74, 6) is 1.18. The lowest BCUT2D eigenvalue weighted by atomic mass is 9.85. The molecule has 0 heterocycles. The van der Waals surface area contributed by atoms with Crippen LogP contribution in [0.2, 0.25) is 0 Å². The number of hydrogen-bond acceptors (Lipinski definition) is 1. The average Bonchev–Trinajstić information content (AvgIpc) is 2.45. The van der Waals surface area contributed by atoms with Crippen LogP contribution in [0.4, 0.5) is 0 Å². The minimum atomic E-state index is 0.197. The molecule has 0 aromatic heterocycles. The van der Waals surface area contributed by atoms with Crippen molar-refractivity contribution >= 4 is 5.78 Å². The van der Waals surface area contributed by atoms with Gasteiger partial charge in [-0.25, -0.2) is 0 Å². The average molecular weight is 258 g/mol. The minimum absolute atomic E-state index is 0.197. The lowest BCUT2D eigenvalue weighted by Crippen LogP contribution is -2.06. The second-order valence-corrected chi connectivity index (χ2v) is 5.96. The molecular weight excluding hydrogens is 232 g/mol. The van der Waals surface area contributed by atoms with E-state index in [1.165, 1.54) is 56.9 Å². The van der Waals surface area contributed by atoms with Crippen LogP contribution in [0.5, 0.6) is 0 Å². The maximum atomic E-state index is 11.5. The minimum Gasteiger partial charge on any atom is -0.295 e. The molecule has 0 aliphatic heterocycles. The molecule has 104 valence electrons. The van der Waals surface area contributed by atoms with Gasteiger partial charge in [-0.15, -0.1) is 0 Å². The Morgan fingerprint density at radius 3 is 2.58 bits per heavy atom. The summed E-state index contributed by atoms with van der Waals surface area (Å²) >= 11 is 0. The highest BCUT2D eigenvalue weighted by atomic mass is 16.1. The fraction of sp³-hybridized carbons (Fsp3) is 0.611. The van der Waals surface area contributed by atoms with Crippen molar-refractivity contribution in [3.05, 3.63) is 35.4 Å². The summed E-state index contributed by atoms with van der Waals surface area (Å²) in [7, 11) is 0. The summed E-state index contributed by atoms with van der Waals surface area (Å²) in [6, 6.07) is 8.07. The maximum Gasteiger partial charge on any atom is 0.160 e. The molecule has 0 amide bonds. The fourth-order valence-electron chi connectivity index (χ4n) is 3.31. The van der Waals surface area contributed by atoms with Crippen molar-refractivity contribution in [1.82, 2.24) is 0 Å². The Bertz CT molecular complexity index is 402. The standard InChI is InChI=1S/C18H26O/c1-15(19)18-14-8-7-13-17(18)12-6-5-11-16-9-3-2-4-10-16/h7-8,13-14,16H,2-6,9-12H2,1H3. The van der Waals surface area contributed by atoms with Crippen LogP contribution >= 0.6 is 0 Å². The van der Waals surface area contributed by atoms with E-state index in [2.05, 4.69) is 6.07 Å². The van der Waals surface area contributed by atoms with Gasteiger partial charge in [-0.2, -0.15) is 0 Å². The molecule has 1 saturated carbocycles. The van der Waals surface area contributed by atoms with Gasteiger partial charge in [0.25, 0.3) is 0 Å². The first-order valence-corrected chi connectivity index (χ1v) is 7.86. The van der Waals surface area contributed by atoms with E-state index in [9.17, 15) is 4.79 Å². The summed E-state index contributed by atoms with van der Waals surface area (Å²) in [5.41, 5.74) is 2.15. The molecule has 1 nitrogen and oxygen atoms in total. The second-order valence-electron chi connectivity index (χ2n) is 5.96. The van der Waals surface area contributed by atoms with Gasteiger partial charge in [-0.05, 0) is 31.2 Å². The van der Waals surface area contributed by atoms with Crippen LogP contribution in [0.1, 0.15) is 74.2 Å². The molecule has 0 unspecified atom stereocenters. The summed E-state index contributed by atoms with van der Waals surface area (Å²) in [6.45, 7) is 1.67. The topological polar surface area (TPSA) is 17.1 Å². The van der Waals surface area contributed by atoms with E-state index in [-0.39, 0.29) is 5.78 Å². The lowest BCUT2D eigenvalue weighted by molar-refractivity contribution is 0.101. The van der Waals surface area contributed by atoms with Gasteiger partial charge in [0, 0.05) is 5.56 Å². The molecular formula is C18H26O. The molecule has 1 fully saturated rings. The van der Waals surface area contributed by atoms with Gasteiger partial charge in [0.1, 0.15) is 0 Å². The summed E-state index contributed by atoms with van der Waals surface area (Å²) < 4.78 is 0. The SMILES string of the molecule is CC(=O)c1ccccc1CCCCC1CCCCC1. The zero-order chi connectivity index (χ0) is 13.5. The van der Waals surface area contributed by atoms with E-state index in [1.807, 2.05) is 18.2 Å². The van der Waals surface area contributed by atoms with Crippen molar-refractivity contribution in [2.24, 2.45) is 5.92 Å². The third kappa shape index (κ3) is 4.49. The normalized spacial score (nSPS) is 16.5. The predicted octanol–water partition coefficient (Wildman–Crippen LogP) is 5.18. The Balaban J connectivity index is 1.74. The third-order valence-electron chi connectivity index (χ3n) is 4.43. The van der Waals surface area contributed by atoms with Crippen LogP contribution in [0, 0.1) is 5.92 Å². The van der Waals surface area contributed by atoms with Crippen molar-refractivity contribution in [2.45, 2.75) is 64.7 Å².